The monoisotopic (exact) mass is 349 g/mol. The molecule has 0 bridgehead atoms. The molecule has 0 N–H and O–H groups in total. The molecule has 3 saturated heterocycles. The molecular formula is C18H27N3O4. The Balaban J connectivity index is 1.22. The summed E-state index contributed by atoms with van der Waals surface area (Å²) in [6.07, 6.45) is 4.10. The van der Waals surface area contributed by atoms with E-state index in [2.05, 4.69) is 10.1 Å². The van der Waals surface area contributed by atoms with Gasteiger partial charge in [-0.25, -0.2) is 0 Å². The molecule has 1 aromatic heterocycles. The third-order valence-electron chi connectivity index (χ3n) is 5.43. The van der Waals surface area contributed by atoms with Gasteiger partial charge in [-0.05, 0) is 26.2 Å². The lowest BCUT2D eigenvalue weighted by Crippen LogP contribution is -2.65. The SMILES string of the molecule is Cc1cc(CN2CC3(CC(OCC(=O)N4CCCC4)CCO3)C2)no1. The van der Waals surface area contributed by atoms with Crippen molar-refractivity contribution in [1.82, 2.24) is 15.0 Å². The van der Waals surface area contributed by atoms with Crippen LogP contribution >= 0.6 is 0 Å². The molecule has 4 heterocycles. The average Bonchev–Trinajstić information content (AvgIpc) is 3.23. The first-order valence-electron chi connectivity index (χ1n) is 9.30. The third kappa shape index (κ3) is 3.88. The predicted octanol–water partition coefficient (Wildman–Crippen LogP) is 1.36. The van der Waals surface area contributed by atoms with Crippen LogP contribution in [0.4, 0.5) is 0 Å². The van der Waals surface area contributed by atoms with E-state index < -0.39 is 0 Å². The third-order valence-corrected chi connectivity index (χ3v) is 5.43. The molecule has 1 aromatic rings. The van der Waals surface area contributed by atoms with Gasteiger partial charge in [-0.15, -0.1) is 0 Å². The number of hydrogen-bond donors (Lipinski definition) is 0. The summed E-state index contributed by atoms with van der Waals surface area (Å²) in [5.74, 6) is 0.977. The molecule has 3 aliphatic heterocycles. The lowest BCUT2D eigenvalue weighted by molar-refractivity contribution is -0.200. The van der Waals surface area contributed by atoms with Gasteiger partial charge in [0.2, 0.25) is 5.91 Å². The first kappa shape index (κ1) is 17.0. The van der Waals surface area contributed by atoms with Gasteiger partial charge in [-0.3, -0.25) is 9.69 Å². The van der Waals surface area contributed by atoms with Crippen molar-refractivity contribution in [3.63, 3.8) is 0 Å². The highest BCUT2D eigenvalue weighted by Gasteiger charge is 2.48. The minimum absolute atomic E-state index is 0.113. The van der Waals surface area contributed by atoms with E-state index in [1.165, 1.54) is 0 Å². The molecular weight excluding hydrogens is 322 g/mol. The van der Waals surface area contributed by atoms with E-state index in [1.54, 1.807) is 0 Å². The van der Waals surface area contributed by atoms with E-state index >= 15 is 0 Å². The summed E-state index contributed by atoms with van der Waals surface area (Å²) < 4.78 is 17.1. The predicted molar refractivity (Wildman–Crippen MR) is 90.0 cm³/mol. The standard InChI is InChI=1S/C18H27N3O4/c1-14-8-15(19-25-14)10-20-12-18(13-20)9-16(4-7-24-18)23-11-17(22)21-5-2-3-6-21/h8,16H,2-7,9-13H2,1H3. The van der Waals surface area contributed by atoms with E-state index in [1.807, 2.05) is 17.9 Å². The van der Waals surface area contributed by atoms with Crippen LogP contribution in [0.2, 0.25) is 0 Å². The molecule has 1 unspecified atom stereocenters. The summed E-state index contributed by atoms with van der Waals surface area (Å²) in [4.78, 5) is 16.4. The molecule has 25 heavy (non-hydrogen) atoms. The van der Waals surface area contributed by atoms with Crippen LogP contribution in [0, 0.1) is 6.92 Å². The van der Waals surface area contributed by atoms with Crippen LogP contribution in [0.15, 0.2) is 10.6 Å². The summed E-state index contributed by atoms with van der Waals surface area (Å²) in [5.41, 5.74) is 0.852. The number of carbonyl (C=O) groups excluding carboxylic acids is 1. The van der Waals surface area contributed by atoms with Gasteiger partial charge in [-0.2, -0.15) is 0 Å². The van der Waals surface area contributed by atoms with Crippen LogP contribution in [0.5, 0.6) is 0 Å². The van der Waals surface area contributed by atoms with Crippen molar-refractivity contribution in [2.24, 2.45) is 0 Å². The second-order valence-electron chi connectivity index (χ2n) is 7.62. The topological polar surface area (TPSA) is 68.0 Å². The molecule has 4 rings (SSSR count). The van der Waals surface area contributed by atoms with Gasteiger partial charge >= 0.3 is 0 Å². The number of hydrogen-bond acceptors (Lipinski definition) is 6. The van der Waals surface area contributed by atoms with Crippen molar-refractivity contribution in [3.8, 4) is 0 Å². The zero-order valence-electron chi connectivity index (χ0n) is 14.9. The summed E-state index contributed by atoms with van der Waals surface area (Å²) in [6.45, 7) is 7.16. The van der Waals surface area contributed by atoms with Crippen LogP contribution in [-0.2, 0) is 20.8 Å². The highest BCUT2D eigenvalue weighted by Crippen LogP contribution is 2.36. The zero-order valence-corrected chi connectivity index (χ0v) is 14.9. The minimum atomic E-state index is -0.113. The molecule has 0 radical (unpaired) electrons. The molecule has 0 aliphatic carbocycles. The van der Waals surface area contributed by atoms with Crippen molar-refractivity contribution in [2.45, 2.75) is 50.9 Å². The number of likely N-dealkylation sites (tertiary alicyclic amines) is 2. The number of aromatic nitrogens is 1. The number of ether oxygens (including phenoxy) is 2. The molecule has 1 atom stereocenters. The minimum Gasteiger partial charge on any atom is -0.372 e. The summed E-state index contributed by atoms with van der Waals surface area (Å²) >= 11 is 0. The molecule has 3 aliphatic rings. The quantitative estimate of drug-likeness (QED) is 0.799. The van der Waals surface area contributed by atoms with Crippen LogP contribution in [0.3, 0.4) is 0 Å². The van der Waals surface area contributed by atoms with Gasteiger partial charge in [0.05, 0.1) is 17.4 Å². The average molecular weight is 349 g/mol. The number of aryl methyl sites for hydroxylation is 1. The van der Waals surface area contributed by atoms with Gasteiger partial charge in [0.25, 0.3) is 0 Å². The van der Waals surface area contributed by atoms with Gasteiger partial charge < -0.3 is 18.9 Å². The van der Waals surface area contributed by atoms with Crippen molar-refractivity contribution in [2.75, 3.05) is 39.4 Å². The lowest BCUT2D eigenvalue weighted by atomic mass is 9.84. The molecule has 0 saturated carbocycles. The van der Waals surface area contributed by atoms with Crippen LogP contribution in [-0.4, -0.2) is 72.0 Å². The first-order valence-corrected chi connectivity index (χ1v) is 9.30. The summed E-state index contributed by atoms with van der Waals surface area (Å²) in [7, 11) is 0. The van der Waals surface area contributed by atoms with Gasteiger partial charge in [0, 0.05) is 51.8 Å². The molecule has 1 spiro atoms. The van der Waals surface area contributed by atoms with Crippen molar-refractivity contribution >= 4 is 5.91 Å². The van der Waals surface area contributed by atoms with Crippen LogP contribution < -0.4 is 0 Å². The first-order chi connectivity index (χ1) is 12.1. The van der Waals surface area contributed by atoms with Crippen molar-refractivity contribution in [3.05, 3.63) is 17.5 Å². The Bertz CT molecular complexity index is 605. The highest BCUT2D eigenvalue weighted by molar-refractivity contribution is 5.77. The Labute approximate surface area is 148 Å². The highest BCUT2D eigenvalue weighted by atomic mass is 16.5. The summed E-state index contributed by atoms with van der Waals surface area (Å²) in [5, 5.41) is 4.05. The second kappa shape index (κ2) is 7.05. The van der Waals surface area contributed by atoms with Gasteiger partial charge in [-0.1, -0.05) is 5.16 Å². The molecule has 0 aromatic carbocycles. The molecule has 138 valence electrons. The molecule has 7 heteroatoms. The second-order valence-corrected chi connectivity index (χ2v) is 7.62. The Hall–Kier alpha value is -1.44. The fraction of sp³-hybridized carbons (Fsp3) is 0.778. The number of rotatable bonds is 5. The number of amides is 1. The largest absolute Gasteiger partial charge is 0.372 e. The zero-order chi connectivity index (χ0) is 17.3. The molecule has 3 fully saturated rings. The van der Waals surface area contributed by atoms with E-state index in [0.717, 1.165) is 69.9 Å². The molecule has 1 amide bonds. The van der Waals surface area contributed by atoms with Crippen molar-refractivity contribution in [1.29, 1.82) is 0 Å². The van der Waals surface area contributed by atoms with Crippen LogP contribution in [0.1, 0.15) is 37.1 Å². The van der Waals surface area contributed by atoms with E-state index in [4.69, 9.17) is 14.0 Å². The lowest BCUT2D eigenvalue weighted by Gasteiger charge is -2.53. The van der Waals surface area contributed by atoms with E-state index in [9.17, 15) is 4.79 Å². The normalized spacial score (nSPS) is 26.1. The fourth-order valence-electron chi connectivity index (χ4n) is 4.19. The van der Waals surface area contributed by atoms with E-state index in [-0.39, 0.29) is 24.2 Å². The van der Waals surface area contributed by atoms with E-state index in [0.29, 0.717) is 6.61 Å². The maximum absolute atomic E-state index is 12.1. The van der Waals surface area contributed by atoms with Crippen molar-refractivity contribution < 1.29 is 18.8 Å². The smallest absolute Gasteiger partial charge is 0.248 e. The Kier molecular flexibility index (Phi) is 4.80. The number of nitrogens with zero attached hydrogens (tertiary/aromatic N) is 3. The van der Waals surface area contributed by atoms with Gasteiger partial charge in [0.15, 0.2) is 0 Å². The Morgan fingerprint density at radius 2 is 2.20 bits per heavy atom. The molecule has 7 nitrogen and oxygen atoms in total. The summed E-state index contributed by atoms with van der Waals surface area (Å²) in [6, 6.07) is 1.97. The van der Waals surface area contributed by atoms with Crippen LogP contribution in [0.25, 0.3) is 0 Å². The van der Waals surface area contributed by atoms with Gasteiger partial charge in [0.1, 0.15) is 12.4 Å². The Morgan fingerprint density at radius 1 is 1.40 bits per heavy atom. The maximum atomic E-state index is 12.1. The fourth-order valence-corrected chi connectivity index (χ4v) is 4.19. The number of carbonyl (C=O) groups is 1. The maximum Gasteiger partial charge on any atom is 0.248 e. The Morgan fingerprint density at radius 3 is 2.92 bits per heavy atom.